The van der Waals surface area contributed by atoms with Crippen molar-refractivity contribution < 1.29 is 0 Å². The zero-order valence-corrected chi connectivity index (χ0v) is 13.5. The Morgan fingerprint density at radius 2 is 1.95 bits per heavy atom. The van der Waals surface area contributed by atoms with Crippen LogP contribution in [0.25, 0.3) is 0 Å². The van der Waals surface area contributed by atoms with Gasteiger partial charge in [-0.2, -0.15) is 0 Å². The number of nitrogens with two attached hydrogens (primary N) is 1. The van der Waals surface area contributed by atoms with Gasteiger partial charge < -0.3 is 15.5 Å². The van der Waals surface area contributed by atoms with Gasteiger partial charge in [-0.25, -0.2) is 9.98 Å². The van der Waals surface area contributed by atoms with Crippen LogP contribution >= 0.6 is 0 Å². The first-order valence-corrected chi connectivity index (χ1v) is 8.47. The molecule has 0 amide bonds. The van der Waals surface area contributed by atoms with Crippen molar-refractivity contribution in [2.24, 2.45) is 16.6 Å². The van der Waals surface area contributed by atoms with Crippen molar-refractivity contribution in [1.29, 1.82) is 0 Å². The summed E-state index contributed by atoms with van der Waals surface area (Å²) in [6.45, 7) is 7.24. The van der Waals surface area contributed by atoms with Gasteiger partial charge in [0.2, 0.25) is 0 Å². The Morgan fingerprint density at radius 1 is 1.23 bits per heavy atom. The van der Waals surface area contributed by atoms with E-state index in [0.717, 1.165) is 43.5 Å². The van der Waals surface area contributed by atoms with Crippen LogP contribution in [0.1, 0.15) is 38.2 Å². The molecule has 2 N–H and O–H groups in total. The Balaban J connectivity index is 1.55. The summed E-state index contributed by atoms with van der Waals surface area (Å²) in [4.78, 5) is 13.6. The van der Waals surface area contributed by atoms with E-state index >= 15 is 0 Å². The molecule has 0 atom stereocenters. The normalized spacial score (nSPS) is 20.7. The second kappa shape index (κ2) is 6.99. The molecule has 0 saturated carbocycles. The maximum absolute atomic E-state index is 6.12. The van der Waals surface area contributed by atoms with Crippen LogP contribution < -0.4 is 10.6 Å². The van der Waals surface area contributed by atoms with Crippen molar-refractivity contribution in [2.45, 2.75) is 39.2 Å². The molecule has 2 aliphatic heterocycles. The molecule has 5 nitrogen and oxygen atoms in total. The first kappa shape index (κ1) is 15.1. The summed E-state index contributed by atoms with van der Waals surface area (Å²) in [5.74, 6) is 2.57. The lowest BCUT2D eigenvalue weighted by atomic mass is 10.00. The first-order chi connectivity index (χ1) is 10.7. The van der Waals surface area contributed by atoms with Gasteiger partial charge >= 0.3 is 0 Å². The molecule has 22 heavy (non-hydrogen) atoms. The summed E-state index contributed by atoms with van der Waals surface area (Å²) in [5.41, 5.74) is 7.24. The monoisotopic (exact) mass is 301 g/mol. The van der Waals surface area contributed by atoms with Crippen molar-refractivity contribution in [3.05, 3.63) is 23.9 Å². The number of aliphatic imine (C=N–C) groups is 1. The van der Waals surface area contributed by atoms with Crippen molar-refractivity contribution >= 4 is 11.8 Å². The van der Waals surface area contributed by atoms with Crippen molar-refractivity contribution in [2.75, 3.05) is 31.1 Å². The summed E-state index contributed by atoms with van der Waals surface area (Å²) in [7, 11) is 0. The van der Waals surface area contributed by atoms with Crippen molar-refractivity contribution in [3.8, 4) is 0 Å². The first-order valence-electron chi connectivity index (χ1n) is 8.47. The highest BCUT2D eigenvalue weighted by Gasteiger charge is 2.17. The molecule has 5 heteroatoms. The van der Waals surface area contributed by atoms with Gasteiger partial charge in [-0.05, 0) is 43.2 Å². The number of hydrogen-bond donors (Lipinski definition) is 1. The largest absolute Gasteiger partial charge is 0.370 e. The minimum absolute atomic E-state index is 0.616. The highest BCUT2D eigenvalue weighted by atomic mass is 15.3. The lowest BCUT2D eigenvalue weighted by Gasteiger charge is -2.31. The van der Waals surface area contributed by atoms with Gasteiger partial charge in [0.1, 0.15) is 5.82 Å². The maximum Gasteiger partial charge on any atom is 0.191 e. The average Bonchev–Trinajstić information content (AvgIpc) is 3.08. The summed E-state index contributed by atoms with van der Waals surface area (Å²) in [5, 5.41) is 0. The second-order valence-electron chi connectivity index (χ2n) is 6.56. The van der Waals surface area contributed by atoms with E-state index in [2.05, 4.69) is 38.8 Å². The molecule has 2 fully saturated rings. The Morgan fingerprint density at radius 3 is 2.59 bits per heavy atom. The highest BCUT2D eigenvalue weighted by molar-refractivity contribution is 5.78. The molecule has 1 aromatic rings. The van der Waals surface area contributed by atoms with Crippen molar-refractivity contribution in [3.63, 3.8) is 0 Å². The predicted molar refractivity (Wildman–Crippen MR) is 91.0 cm³/mol. The Labute approximate surface area is 133 Å². The number of nitrogens with zero attached hydrogens (tertiary/aromatic N) is 4. The summed E-state index contributed by atoms with van der Waals surface area (Å²) in [6.07, 6.45) is 6.91. The van der Waals surface area contributed by atoms with E-state index in [1.807, 2.05) is 6.20 Å². The van der Waals surface area contributed by atoms with Crippen LogP contribution in [0.4, 0.5) is 5.82 Å². The van der Waals surface area contributed by atoms with Crippen LogP contribution in [0.2, 0.25) is 0 Å². The SMILES string of the molecule is CC1CCN(C(N)=NCc2ccc(N3CCCC3)nc2)CC1. The summed E-state index contributed by atoms with van der Waals surface area (Å²) >= 11 is 0. The van der Waals surface area contributed by atoms with Gasteiger partial charge in [0, 0.05) is 32.4 Å². The average molecular weight is 301 g/mol. The molecule has 0 aliphatic carbocycles. The van der Waals surface area contributed by atoms with Gasteiger partial charge in [0.15, 0.2) is 5.96 Å². The van der Waals surface area contributed by atoms with E-state index in [1.54, 1.807) is 0 Å². The van der Waals surface area contributed by atoms with Gasteiger partial charge in [-0.3, -0.25) is 0 Å². The minimum Gasteiger partial charge on any atom is -0.370 e. The molecule has 2 saturated heterocycles. The fourth-order valence-electron chi connectivity index (χ4n) is 3.15. The Bertz CT molecular complexity index is 496. The van der Waals surface area contributed by atoms with E-state index in [0.29, 0.717) is 12.5 Å². The number of anilines is 1. The molecule has 0 unspecified atom stereocenters. The quantitative estimate of drug-likeness (QED) is 0.687. The Hall–Kier alpha value is -1.78. The molecule has 120 valence electrons. The third kappa shape index (κ3) is 3.70. The van der Waals surface area contributed by atoms with Crippen LogP contribution in [0.15, 0.2) is 23.3 Å². The van der Waals surface area contributed by atoms with Gasteiger partial charge in [-0.1, -0.05) is 13.0 Å². The molecule has 3 heterocycles. The predicted octanol–water partition coefficient (Wildman–Crippen LogP) is 2.23. The zero-order chi connectivity index (χ0) is 15.4. The smallest absolute Gasteiger partial charge is 0.191 e. The van der Waals surface area contributed by atoms with Gasteiger partial charge in [-0.15, -0.1) is 0 Å². The fraction of sp³-hybridized carbons (Fsp3) is 0.647. The van der Waals surface area contributed by atoms with E-state index in [9.17, 15) is 0 Å². The number of rotatable bonds is 3. The van der Waals surface area contributed by atoms with E-state index in [-0.39, 0.29) is 0 Å². The summed E-state index contributed by atoms with van der Waals surface area (Å²) in [6, 6.07) is 4.23. The Kier molecular flexibility index (Phi) is 4.80. The number of piperidine rings is 1. The zero-order valence-electron chi connectivity index (χ0n) is 13.5. The van der Waals surface area contributed by atoms with Crippen LogP contribution in [0.3, 0.4) is 0 Å². The topological polar surface area (TPSA) is 57.8 Å². The third-order valence-corrected chi connectivity index (χ3v) is 4.77. The van der Waals surface area contributed by atoms with Crippen LogP contribution in [-0.2, 0) is 6.54 Å². The van der Waals surface area contributed by atoms with Crippen molar-refractivity contribution in [1.82, 2.24) is 9.88 Å². The molecular formula is C17H27N5. The number of hydrogen-bond acceptors (Lipinski definition) is 3. The van der Waals surface area contributed by atoms with Crippen LogP contribution in [-0.4, -0.2) is 42.0 Å². The standard InChI is InChI=1S/C17H27N5/c1-14-6-10-22(11-7-14)17(18)20-13-15-4-5-16(19-12-15)21-8-2-3-9-21/h4-5,12,14H,2-3,6-11,13H2,1H3,(H2,18,20). The highest BCUT2D eigenvalue weighted by Crippen LogP contribution is 2.18. The molecule has 1 aromatic heterocycles. The third-order valence-electron chi connectivity index (χ3n) is 4.77. The maximum atomic E-state index is 6.12. The molecule has 0 aromatic carbocycles. The van der Waals surface area contributed by atoms with E-state index < -0.39 is 0 Å². The summed E-state index contributed by atoms with van der Waals surface area (Å²) < 4.78 is 0. The fourth-order valence-corrected chi connectivity index (χ4v) is 3.15. The molecular weight excluding hydrogens is 274 g/mol. The second-order valence-corrected chi connectivity index (χ2v) is 6.56. The number of pyridine rings is 1. The van der Waals surface area contributed by atoms with E-state index in [4.69, 9.17) is 5.73 Å². The molecule has 0 bridgehead atoms. The number of likely N-dealkylation sites (tertiary alicyclic amines) is 1. The lowest BCUT2D eigenvalue weighted by molar-refractivity contribution is 0.277. The minimum atomic E-state index is 0.616. The van der Waals surface area contributed by atoms with Gasteiger partial charge in [0.25, 0.3) is 0 Å². The number of guanidine groups is 1. The molecule has 0 radical (unpaired) electrons. The molecule has 2 aliphatic rings. The molecule has 0 spiro atoms. The number of aromatic nitrogens is 1. The van der Waals surface area contributed by atoms with E-state index in [1.165, 1.54) is 25.7 Å². The molecule has 3 rings (SSSR count). The van der Waals surface area contributed by atoms with Gasteiger partial charge in [0.05, 0.1) is 6.54 Å². The van der Waals surface area contributed by atoms with Crippen LogP contribution in [0.5, 0.6) is 0 Å². The lowest BCUT2D eigenvalue weighted by Crippen LogP contribution is -2.42. The van der Waals surface area contributed by atoms with Crippen LogP contribution in [0, 0.1) is 5.92 Å².